The molecule has 0 N–H and O–H groups in total. The molecule has 0 bridgehead atoms. The molecule has 7 nitrogen and oxygen atoms in total. The van der Waals surface area contributed by atoms with Gasteiger partial charge in [0.25, 0.3) is 0 Å². The van der Waals surface area contributed by atoms with Crippen LogP contribution in [-0.2, 0) is 30.0 Å². The summed E-state index contributed by atoms with van der Waals surface area (Å²) in [4.78, 5) is 30.2. The molecule has 0 saturated carbocycles. The van der Waals surface area contributed by atoms with Crippen LogP contribution in [0.3, 0.4) is 0 Å². The van der Waals surface area contributed by atoms with Crippen molar-refractivity contribution in [2.75, 3.05) is 32.9 Å². The molecule has 4 rings (SSSR count). The van der Waals surface area contributed by atoms with Crippen molar-refractivity contribution >= 4 is 25.8 Å². The first-order valence-electron chi connectivity index (χ1n) is 12.1. The normalized spacial score (nSPS) is 24.0. The Bertz CT molecular complexity index is 962. The number of morpholine rings is 1. The quantitative estimate of drug-likeness (QED) is 0.232. The molecular weight excluding hydrogens is 448 g/mol. The molecule has 3 heterocycles. The van der Waals surface area contributed by atoms with Crippen molar-refractivity contribution in [2.45, 2.75) is 51.7 Å². The first-order chi connectivity index (χ1) is 16.2. The van der Waals surface area contributed by atoms with Gasteiger partial charge in [0.1, 0.15) is 12.3 Å². The van der Waals surface area contributed by atoms with Gasteiger partial charge in [-0.3, -0.25) is 9.69 Å². The first kappa shape index (κ1) is 24.8. The number of rotatable bonds is 9. The number of hydrogen-bond acceptors (Lipinski definition) is 6. The molecule has 1 aromatic rings. The highest BCUT2D eigenvalue weighted by Crippen LogP contribution is 2.48. The van der Waals surface area contributed by atoms with Gasteiger partial charge in [0.15, 0.2) is 8.32 Å². The van der Waals surface area contributed by atoms with E-state index in [-0.39, 0.29) is 30.6 Å². The molecule has 3 aliphatic rings. The Morgan fingerprint density at radius 2 is 1.91 bits per heavy atom. The van der Waals surface area contributed by atoms with Gasteiger partial charge in [0, 0.05) is 19.6 Å². The van der Waals surface area contributed by atoms with Crippen LogP contribution in [0.5, 0.6) is 0 Å². The highest BCUT2D eigenvalue weighted by Gasteiger charge is 2.57. The van der Waals surface area contributed by atoms with Crippen LogP contribution in [-0.4, -0.2) is 75.0 Å². The van der Waals surface area contributed by atoms with Crippen LogP contribution in [0.25, 0.3) is 5.57 Å². The van der Waals surface area contributed by atoms with Gasteiger partial charge in [0.05, 0.1) is 31.3 Å². The van der Waals surface area contributed by atoms with Gasteiger partial charge in [0.2, 0.25) is 5.91 Å². The SMILES string of the molecule is C=CCOC(=O)C1=C(c2ccc(CN3CCOCC3)cc2)C[C@@H]2[C@@H]([C@@H](C)O[Si](C)(C)C)C(=O)N12. The van der Waals surface area contributed by atoms with Gasteiger partial charge in [-0.1, -0.05) is 36.9 Å². The fourth-order valence-corrected chi connectivity index (χ4v) is 6.43. The van der Waals surface area contributed by atoms with E-state index in [9.17, 15) is 9.59 Å². The third-order valence-electron chi connectivity index (χ3n) is 6.59. The predicted molar refractivity (Wildman–Crippen MR) is 133 cm³/mol. The van der Waals surface area contributed by atoms with Crippen molar-refractivity contribution in [2.24, 2.45) is 5.92 Å². The molecule has 8 heteroatoms. The zero-order valence-electron chi connectivity index (χ0n) is 20.7. The number of β-lactam (4-membered cyclic amide) rings is 1. The van der Waals surface area contributed by atoms with E-state index in [1.165, 1.54) is 11.6 Å². The zero-order chi connectivity index (χ0) is 24.5. The number of fused-ring (bicyclic) bond motifs is 1. The molecule has 2 fully saturated rings. The maximum absolute atomic E-state index is 13.2. The summed E-state index contributed by atoms with van der Waals surface area (Å²) in [6.07, 6.45) is 1.98. The van der Waals surface area contributed by atoms with E-state index in [4.69, 9.17) is 13.9 Å². The summed E-state index contributed by atoms with van der Waals surface area (Å²) in [5.41, 5.74) is 3.41. The van der Waals surface area contributed by atoms with E-state index < -0.39 is 14.3 Å². The third kappa shape index (κ3) is 5.20. The Kier molecular flexibility index (Phi) is 7.42. The fraction of sp³-hybridized carbons (Fsp3) is 0.538. The molecule has 1 amide bonds. The van der Waals surface area contributed by atoms with E-state index in [1.54, 1.807) is 4.90 Å². The summed E-state index contributed by atoms with van der Waals surface area (Å²) in [6.45, 7) is 16.4. The number of ether oxygens (including phenoxy) is 2. The van der Waals surface area contributed by atoms with E-state index in [1.807, 2.05) is 6.92 Å². The Morgan fingerprint density at radius 1 is 1.24 bits per heavy atom. The minimum absolute atomic E-state index is 0.0553. The zero-order valence-corrected chi connectivity index (χ0v) is 21.7. The average Bonchev–Trinajstić information content (AvgIpc) is 3.12. The van der Waals surface area contributed by atoms with Crippen molar-refractivity contribution in [3.63, 3.8) is 0 Å². The summed E-state index contributed by atoms with van der Waals surface area (Å²) < 4.78 is 17.1. The molecule has 2 saturated heterocycles. The lowest BCUT2D eigenvalue weighted by Gasteiger charge is -2.47. The summed E-state index contributed by atoms with van der Waals surface area (Å²) >= 11 is 0. The van der Waals surface area contributed by atoms with Crippen LogP contribution in [0.15, 0.2) is 42.6 Å². The summed E-state index contributed by atoms with van der Waals surface area (Å²) in [6, 6.07) is 8.25. The van der Waals surface area contributed by atoms with Crippen molar-refractivity contribution in [1.29, 1.82) is 0 Å². The maximum atomic E-state index is 13.2. The Balaban J connectivity index is 1.56. The monoisotopic (exact) mass is 484 g/mol. The molecule has 1 aromatic carbocycles. The van der Waals surface area contributed by atoms with Crippen molar-refractivity contribution in [1.82, 2.24) is 9.80 Å². The lowest BCUT2D eigenvalue weighted by atomic mass is 9.82. The second-order valence-corrected chi connectivity index (χ2v) is 14.7. The number of carbonyl (C=O) groups is 2. The summed E-state index contributed by atoms with van der Waals surface area (Å²) in [5, 5.41) is 0. The smallest absolute Gasteiger partial charge is 0.355 e. The van der Waals surface area contributed by atoms with Gasteiger partial charge in [-0.2, -0.15) is 0 Å². The third-order valence-corrected chi connectivity index (χ3v) is 7.67. The van der Waals surface area contributed by atoms with E-state index >= 15 is 0 Å². The standard InChI is InChI=1S/C26H36N2O5Si/c1-6-13-32-26(30)24-21(16-22-23(25(29)28(22)24)18(2)33-34(3,4)5)20-9-7-19(8-10-20)17-27-11-14-31-15-12-27/h6-10,18,22-23H,1,11-17H2,2-5H3/t18-,22-,23-/m1/s1. The second kappa shape index (κ2) is 10.2. The minimum atomic E-state index is -1.80. The van der Waals surface area contributed by atoms with E-state index in [0.717, 1.165) is 44.0 Å². The van der Waals surface area contributed by atoms with Gasteiger partial charge in [-0.15, -0.1) is 0 Å². The number of benzene rings is 1. The summed E-state index contributed by atoms with van der Waals surface area (Å²) in [7, 11) is -1.80. The topological polar surface area (TPSA) is 68.3 Å². The lowest BCUT2D eigenvalue weighted by Crippen LogP contribution is -2.63. The fourth-order valence-electron chi connectivity index (χ4n) is 5.17. The highest BCUT2D eigenvalue weighted by molar-refractivity contribution is 6.69. The minimum Gasteiger partial charge on any atom is -0.457 e. The van der Waals surface area contributed by atoms with E-state index in [2.05, 4.69) is 55.4 Å². The van der Waals surface area contributed by atoms with Gasteiger partial charge < -0.3 is 18.8 Å². The molecule has 34 heavy (non-hydrogen) atoms. The number of esters is 1. The van der Waals surface area contributed by atoms with Gasteiger partial charge >= 0.3 is 5.97 Å². The molecule has 3 aliphatic heterocycles. The maximum Gasteiger partial charge on any atom is 0.355 e. The lowest BCUT2D eigenvalue weighted by molar-refractivity contribution is -0.161. The second-order valence-electron chi connectivity index (χ2n) is 10.2. The Labute approximate surface area is 203 Å². The molecule has 0 unspecified atom stereocenters. The molecule has 0 radical (unpaired) electrons. The van der Waals surface area contributed by atoms with Crippen LogP contribution in [0.4, 0.5) is 0 Å². The largest absolute Gasteiger partial charge is 0.457 e. The molecular formula is C26H36N2O5Si. The molecule has 0 spiro atoms. The molecule has 0 aromatic heterocycles. The highest BCUT2D eigenvalue weighted by atomic mass is 28.4. The van der Waals surface area contributed by atoms with Crippen molar-refractivity contribution in [3.05, 3.63) is 53.7 Å². The number of carbonyl (C=O) groups excluding carboxylic acids is 2. The first-order valence-corrected chi connectivity index (χ1v) is 15.5. The van der Waals surface area contributed by atoms with Crippen molar-refractivity contribution < 1.29 is 23.5 Å². The number of amides is 1. The van der Waals surface area contributed by atoms with Crippen LogP contribution in [0.1, 0.15) is 24.5 Å². The number of nitrogens with zero attached hydrogens (tertiary/aromatic N) is 2. The molecule has 3 atom stereocenters. The average molecular weight is 485 g/mol. The van der Waals surface area contributed by atoms with Crippen LogP contribution in [0.2, 0.25) is 19.6 Å². The predicted octanol–water partition coefficient (Wildman–Crippen LogP) is 3.43. The van der Waals surface area contributed by atoms with Gasteiger partial charge in [-0.25, -0.2) is 4.79 Å². The Morgan fingerprint density at radius 3 is 2.53 bits per heavy atom. The van der Waals surface area contributed by atoms with Crippen LogP contribution < -0.4 is 0 Å². The van der Waals surface area contributed by atoms with Crippen LogP contribution >= 0.6 is 0 Å². The van der Waals surface area contributed by atoms with E-state index in [0.29, 0.717) is 12.1 Å². The number of hydrogen-bond donors (Lipinski definition) is 0. The van der Waals surface area contributed by atoms with Crippen LogP contribution in [0, 0.1) is 5.92 Å². The Hall–Kier alpha value is -2.26. The molecule has 184 valence electrons. The summed E-state index contributed by atoms with van der Waals surface area (Å²) in [5.74, 6) is -0.771. The van der Waals surface area contributed by atoms with Gasteiger partial charge in [-0.05, 0) is 49.7 Å². The van der Waals surface area contributed by atoms with Crippen molar-refractivity contribution in [3.8, 4) is 0 Å². The molecule has 0 aliphatic carbocycles.